The van der Waals surface area contributed by atoms with Gasteiger partial charge in [0.1, 0.15) is 0 Å². The highest BCUT2D eigenvalue weighted by Crippen LogP contribution is 2.19. The summed E-state index contributed by atoms with van der Waals surface area (Å²) in [4.78, 5) is 2.53. The first-order valence-corrected chi connectivity index (χ1v) is 7.23. The minimum Gasteiger partial charge on any atom is -0.298 e. The Morgan fingerprint density at radius 1 is 1.00 bits per heavy atom. The van der Waals surface area contributed by atoms with Crippen molar-refractivity contribution in [2.45, 2.75) is 19.4 Å². The standard InChI is InChI=1S/C17H18ClN/c18-17-7-3-4-14(12-17)8-10-19-11-9-15-5-1-2-6-16(15)13-19/h1-7,12H,8-11,13H2. The van der Waals surface area contributed by atoms with Gasteiger partial charge in [0.15, 0.2) is 0 Å². The number of hydrogen-bond donors (Lipinski definition) is 0. The molecular weight excluding hydrogens is 254 g/mol. The highest BCUT2D eigenvalue weighted by Gasteiger charge is 2.14. The summed E-state index contributed by atoms with van der Waals surface area (Å²) >= 11 is 6.02. The second-order valence-corrected chi connectivity index (χ2v) is 5.61. The molecule has 2 aromatic carbocycles. The van der Waals surface area contributed by atoms with Crippen molar-refractivity contribution in [2.75, 3.05) is 13.1 Å². The summed E-state index contributed by atoms with van der Waals surface area (Å²) in [5.41, 5.74) is 4.33. The van der Waals surface area contributed by atoms with E-state index in [4.69, 9.17) is 11.6 Å². The molecule has 0 aromatic heterocycles. The molecular formula is C17H18ClN. The van der Waals surface area contributed by atoms with Crippen LogP contribution in [0.15, 0.2) is 48.5 Å². The van der Waals surface area contributed by atoms with E-state index in [0.717, 1.165) is 31.1 Å². The normalized spacial score (nSPS) is 15.2. The molecule has 19 heavy (non-hydrogen) atoms. The Balaban J connectivity index is 1.61. The summed E-state index contributed by atoms with van der Waals surface area (Å²) < 4.78 is 0. The maximum absolute atomic E-state index is 6.02. The van der Waals surface area contributed by atoms with E-state index in [9.17, 15) is 0 Å². The molecule has 0 N–H and O–H groups in total. The largest absolute Gasteiger partial charge is 0.298 e. The van der Waals surface area contributed by atoms with Gasteiger partial charge in [0.05, 0.1) is 0 Å². The van der Waals surface area contributed by atoms with Crippen LogP contribution in [0.4, 0.5) is 0 Å². The SMILES string of the molecule is Clc1cccc(CCN2CCc3ccccc3C2)c1. The van der Waals surface area contributed by atoms with Crippen molar-refractivity contribution < 1.29 is 0 Å². The van der Waals surface area contributed by atoms with Gasteiger partial charge in [0, 0.05) is 24.7 Å². The molecule has 0 unspecified atom stereocenters. The molecule has 0 fully saturated rings. The van der Waals surface area contributed by atoms with Crippen LogP contribution in [0.5, 0.6) is 0 Å². The van der Waals surface area contributed by atoms with Gasteiger partial charge >= 0.3 is 0 Å². The third-order valence-corrected chi connectivity index (χ3v) is 4.05. The minimum atomic E-state index is 0.835. The van der Waals surface area contributed by atoms with Gasteiger partial charge in [0.25, 0.3) is 0 Å². The molecule has 0 bridgehead atoms. The van der Waals surface area contributed by atoms with E-state index in [1.165, 1.54) is 23.1 Å². The van der Waals surface area contributed by atoms with Crippen LogP contribution in [-0.4, -0.2) is 18.0 Å². The lowest BCUT2D eigenvalue weighted by molar-refractivity contribution is 0.257. The summed E-state index contributed by atoms with van der Waals surface area (Å²) in [5.74, 6) is 0. The van der Waals surface area contributed by atoms with Gasteiger partial charge in [-0.05, 0) is 41.7 Å². The molecule has 0 saturated heterocycles. The van der Waals surface area contributed by atoms with Gasteiger partial charge in [-0.15, -0.1) is 0 Å². The summed E-state index contributed by atoms with van der Waals surface area (Å²) in [6.45, 7) is 3.35. The minimum absolute atomic E-state index is 0.835. The molecule has 1 aliphatic heterocycles. The van der Waals surface area contributed by atoms with Crippen LogP contribution >= 0.6 is 11.6 Å². The Kier molecular flexibility index (Phi) is 3.86. The van der Waals surface area contributed by atoms with Gasteiger partial charge in [-0.2, -0.15) is 0 Å². The molecule has 3 rings (SSSR count). The van der Waals surface area contributed by atoms with E-state index in [1.54, 1.807) is 0 Å². The Hall–Kier alpha value is -1.31. The molecule has 2 heteroatoms. The lowest BCUT2D eigenvalue weighted by Crippen LogP contribution is -2.32. The zero-order valence-corrected chi connectivity index (χ0v) is 11.7. The molecule has 0 spiro atoms. The van der Waals surface area contributed by atoms with E-state index in [2.05, 4.69) is 41.3 Å². The molecule has 0 saturated carbocycles. The van der Waals surface area contributed by atoms with Crippen LogP contribution in [0.2, 0.25) is 5.02 Å². The van der Waals surface area contributed by atoms with Crippen molar-refractivity contribution in [2.24, 2.45) is 0 Å². The van der Waals surface area contributed by atoms with E-state index in [-0.39, 0.29) is 0 Å². The highest BCUT2D eigenvalue weighted by molar-refractivity contribution is 6.30. The van der Waals surface area contributed by atoms with Gasteiger partial charge in [-0.1, -0.05) is 48.0 Å². The molecule has 2 aromatic rings. The molecule has 1 aliphatic rings. The molecule has 0 atom stereocenters. The zero-order valence-electron chi connectivity index (χ0n) is 11.0. The summed E-state index contributed by atoms with van der Waals surface area (Å²) in [5, 5.41) is 0.835. The number of halogens is 1. The summed E-state index contributed by atoms with van der Waals surface area (Å²) in [7, 11) is 0. The average molecular weight is 272 g/mol. The second kappa shape index (κ2) is 5.77. The maximum atomic E-state index is 6.02. The van der Waals surface area contributed by atoms with Crippen molar-refractivity contribution in [3.63, 3.8) is 0 Å². The number of fused-ring (bicyclic) bond motifs is 1. The quantitative estimate of drug-likeness (QED) is 0.817. The van der Waals surface area contributed by atoms with E-state index in [0.29, 0.717) is 0 Å². The highest BCUT2D eigenvalue weighted by atomic mass is 35.5. The van der Waals surface area contributed by atoms with E-state index >= 15 is 0 Å². The second-order valence-electron chi connectivity index (χ2n) is 5.17. The van der Waals surface area contributed by atoms with Crippen LogP contribution < -0.4 is 0 Å². The fourth-order valence-electron chi connectivity index (χ4n) is 2.72. The molecule has 1 heterocycles. The Labute approximate surface area is 119 Å². The van der Waals surface area contributed by atoms with Crippen LogP contribution in [-0.2, 0) is 19.4 Å². The summed E-state index contributed by atoms with van der Waals surface area (Å²) in [6, 6.07) is 17.0. The van der Waals surface area contributed by atoms with Crippen LogP contribution in [0, 0.1) is 0 Å². The van der Waals surface area contributed by atoms with Gasteiger partial charge < -0.3 is 0 Å². The van der Waals surface area contributed by atoms with Gasteiger partial charge in [0.2, 0.25) is 0 Å². The number of benzene rings is 2. The topological polar surface area (TPSA) is 3.24 Å². The van der Waals surface area contributed by atoms with Crippen molar-refractivity contribution >= 4 is 11.6 Å². The van der Waals surface area contributed by atoms with E-state index in [1.807, 2.05) is 12.1 Å². The molecule has 0 aliphatic carbocycles. The Bertz CT molecular complexity index is 565. The Morgan fingerprint density at radius 3 is 2.68 bits per heavy atom. The number of nitrogens with zero attached hydrogens (tertiary/aromatic N) is 1. The fraction of sp³-hybridized carbons (Fsp3) is 0.294. The van der Waals surface area contributed by atoms with Crippen molar-refractivity contribution in [1.29, 1.82) is 0 Å². The molecule has 98 valence electrons. The predicted molar refractivity (Wildman–Crippen MR) is 80.6 cm³/mol. The van der Waals surface area contributed by atoms with Crippen molar-refractivity contribution in [3.8, 4) is 0 Å². The van der Waals surface area contributed by atoms with Crippen molar-refractivity contribution in [3.05, 3.63) is 70.2 Å². The van der Waals surface area contributed by atoms with Crippen LogP contribution in [0.25, 0.3) is 0 Å². The first-order chi connectivity index (χ1) is 9.31. The maximum Gasteiger partial charge on any atom is 0.0408 e. The third kappa shape index (κ3) is 3.17. The zero-order chi connectivity index (χ0) is 13.1. The lowest BCUT2D eigenvalue weighted by Gasteiger charge is -2.28. The fourth-order valence-corrected chi connectivity index (χ4v) is 2.94. The van der Waals surface area contributed by atoms with E-state index < -0.39 is 0 Å². The monoisotopic (exact) mass is 271 g/mol. The molecule has 1 nitrogen and oxygen atoms in total. The predicted octanol–water partition coefficient (Wildman–Crippen LogP) is 3.94. The average Bonchev–Trinajstić information content (AvgIpc) is 2.45. The first kappa shape index (κ1) is 12.7. The smallest absolute Gasteiger partial charge is 0.0408 e. The lowest BCUT2D eigenvalue weighted by atomic mass is 9.99. The number of rotatable bonds is 3. The first-order valence-electron chi connectivity index (χ1n) is 6.85. The van der Waals surface area contributed by atoms with Crippen LogP contribution in [0.1, 0.15) is 16.7 Å². The van der Waals surface area contributed by atoms with Crippen molar-refractivity contribution in [1.82, 2.24) is 4.90 Å². The Morgan fingerprint density at radius 2 is 1.84 bits per heavy atom. The molecule has 0 amide bonds. The molecule has 0 radical (unpaired) electrons. The third-order valence-electron chi connectivity index (χ3n) is 3.82. The van der Waals surface area contributed by atoms with Gasteiger partial charge in [-0.3, -0.25) is 4.90 Å². The van der Waals surface area contributed by atoms with Gasteiger partial charge in [-0.25, -0.2) is 0 Å². The number of hydrogen-bond acceptors (Lipinski definition) is 1. The van der Waals surface area contributed by atoms with Crippen LogP contribution in [0.3, 0.4) is 0 Å². The summed E-state index contributed by atoms with van der Waals surface area (Å²) in [6.07, 6.45) is 2.24.